The SMILES string of the molecule is C=CC(=O)N1CCN(c2nc(OC)nc3c2CCN(c2c(C)ccc4[nH]ncc24)CC3)CC1. The number of ether oxygens (including phenoxy) is 1. The molecule has 9 heteroatoms. The summed E-state index contributed by atoms with van der Waals surface area (Å²) in [5.74, 6) is 0.913. The van der Waals surface area contributed by atoms with E-state index in [1.165, 1.54) is 22.9 Å². The van der Waals surface area contributed by atoms with Crippen LogP contribution < -0.4 is 14.5 Å². The number of aryl methyl sites for hydroxylation is 1. The molecule has 5 rings (SSSR count). The van der Waals surface area contributed by atoms with Gasteiger partial charge in [0.25, 0.3) is 0 Å². The van der Waals surface area contributed by atoms with Crippen molar-refractivity contribution in [3.63, 3.8) is 0 Å². The van der Waals surface area contributed by atoms with Gasteiger partial charge >= 0.3 is 6.01 Å². The zero-order chi connectivity index (χ0) is 22.9. The Morgan fingerprint density at radius 1 is 1.09 bits per heavy atom. The largest absolute Gasteiger partial charge is 0.467 e. The Balaban J connectivity index is 1.44. The highest BCUT2D eigenvalue weighted by Crippen LogP contribution is 2.33. The van der Waals surface area contributed by atoms with Crippen LogP contribution in [-0.2, 0) is 17.6 Å². The van der Waals surface area contributed by atoms with Crippen molar-refractivity contribution in [3.8, 4) is 6.01 Å². The van der Waals surface area contributed by atoms with Crippen LogP contribution in [0.15, 0.2) is 31.0 Å². The minimum absolute atomic E-state index is 0.0202. The maximum atomic E-state index is 12.0. The lowest BCUT2D eigenvalue weighted by molar-refractivity contribution is -0.126. The van der Waals surface area contributed by atoms with Gasteiger partial charge < -0.3 is 19.4 Å². The molecule has 9 nitrogen and oxygen atoms in total. The number of anilines is 2. The molecule has 0 saturated carbocycles. The summed E-state index contributed by atoms with van der Waals surface area (Å²) in [4.78, 5) is 28.0. The molecule has 0 spiro atoms. The lowest BCUT2D eigenvalue weighted by atomic mass is 10.1. The summed E-state index contributed by atoms with van der Waals surface area (Å²) in [5, 5.41) is 8.48. The standard InChI is InChI=1S/C24H29N7O2/c1-4-21(32)29-11-13-31(14-12-29)23-17-7-9-30(10-8-19(17)26-24(27-23)33-3)22-16(2)5-6-20-18(22)15-25-28-20/h4-6,15H,1,7-14H2,2-3H3,(H,25,28). The molecule has 1 fully saturated rings. The first-order valence-corrected chi connectivity index (χ1v) is 11.4. The van der Waals surface area contributed by atoms with Crippen molar-refractivity contribution in [1.29, 1.82) is 0 Å². The number of H-pyrrole nitrogens is 1. The van der Waals surface area contributed by atoms with E-state index in [4.69, 9.17) is 14.7 Å². The molecule has 4 heterocycles. The van der Waals surface area contributed by atoms with Gasteiger partial charge in [0.1, 0.15) is 5.82 Å². The zero-order valence-electron chi connectivity index (χ0n) is 19.2. The number of piperazine rings is 1. The number of hydrogen-bond donors (Lipinski definition) is 1. The fourth-order valence-electron chi connectivity index (χ4n) is 4.93. The number of amides is 1. The first-order chi connectivity index (χ1) is 16.1. The second-order valence-corrected chi connectivity index (χ2v) is 8.52. The number of aromatic amines is 1. The highest BCUT2D eigenvalue weighted by atomic mass is 16.5. The van der Waals surface area contributed by atoms with Crippen molar-refractivity contribution in [2.24, 2.45) is 0 Å². The number of nitrogens with one attached hydrogen (secondary N) is 1. The van der Waals surface area contributed by atoms with Gasteiger partial charge in [-0.3, -0.25) is 9.89 Å². The van der Waals surface area contributed by atoms with Crippen LogP contribution in [0.4, 0.5) is 11.5 Å². The van der Waals surface area contributed by atoms with E-state index in [0.717, 1.165) is 61.4 Å². The van der Waals surface area contributed by atoms with Crippen molar-refractivity contribution in [3.05, 3.63) is 47.8 Å². The van der Waals surface area contributed by atoms with Gasteiger partial charge in [-0.2, -0.15) is 15.1 Å². The molecular formula is C24H29N7O2. The van der Waals surface area contributed by atoms with E-state index in [0.29, 0.717) is 19.1 Å². The summed E-state index contributed by atoms with van der Waals surface area (Å²) in [6, 6.07) is 4.63. The van der Waals surface area contributed by atoms with E-state index in [9.17, 15) is 4.79 Å². The third-order valence-electron chi connectivity index (χ3n) is 6.66. The molecule has 0 atom stereocenters. The molecule has 3 aromatic rings. The highest BCUT2D eigenvalue weighted by Gasteiger charge is 2.27. The molecule has 1 saturated heterocycles. The average Bonchev–Trinajstić information content (AvgIpc) is 3.23. The number of hydrogen-bond acceptors (Lipinski definition) is 7. The average molecular weight is 448 g/mol. The van der Waals surface area contributed by atoms with E-state index in [-0.39, 0.29) is 5.91 Å². The van der Waals surface area contributed by atoms with Gasteiger partial charge in [-0.15, -0.1) is 0 Å². The molecule has 0 radical (unpaired) electrons. The molecule has 2 aromatic heterocycles. The van der Waals surface area contributed by atoms with E-state index < -0.39 is 0 Å². The summed E-state index contributed by atoms with van der Waals surface area (Å²) >= 11 is 0. The van der Waals surface area contributed by atoms with Crippen LogP contribution >= 0.6 is 0 Å². The number of rotatable bonds is 4. The van der Waals surface area contributed by atoms with Crippen molar-refractivity contribution >= 4 is 28.3 Å². The summed E-state index contributed by atoms with van der Waals surface area (Å²) in [7, 11) is 1.61. The van der Waals surface area contributed by atoms with Crippen molar-refractivity contribution in [2.45, 2.75) is 19.8 Å². The number of benzene rings is 1. The molecule has 0 bridgehead atoms. The molecular weight excluding hydrogens is 418 g/mol. The van der Waals surface area contributed by atoms with Gasteiger partial charge in [-0.1, -0.05) is 12.6 Å². The molecule has 2 aliphatic rings. The van der Waals surface area contributed by atoms with E-state index >= 15 is 0 Å². The van der Waals surface area contributed by atoms with Gasteiger partial charge in [0.15, 0.2) is 0 Å². The smallest absolute Gasteiger partial charge is 0.318 e. The predicted octanol–water partition coefficient (Wildman–Crippen LogP) is 2.11. The molecule has 0 aliphatic carbocycles. The quantitative estimate of drug-likeness (QED) is 0.613. The third kappa shape index (κ3) is 3.88. The monoisotopic (exact) mass is 447 g/mol. The summed E-state index contributed by atoms with van der Waals surface area (Å²) in [6.07, 6.45) is 4.94. The Morgan fingerprint density at radius 2 is 1.88 bits per heavy atom. The fourth-order valence-corrected chi connectivity index (χ4v) is 4.93. The summed E-state index contributed by atoms with van der Waals surface area (Å²) in [5.41, 5.74) is 5.74. The summed E-state index contributed by atoms with van der Waals surface area (Å²) < 4.78 is 5.45. The number of methoxy groups -OCH3 is 1. The fraction of sp³-hybridized carbons (Fsp3) is 0.417. The van der Waals surface area contributed by atoms with Crippen molar-refractivity contribution < 1.29 is 9.53 Å². The number of carbonyl (C=O) groups excluding carboxylic acids is 1. The summed E-state index contributed by atoms with van der Waals surface area (Å²) in [6.45, 7) is 10.2. The second-order valence-electron chi connectivity index (χ2n) is 8.52. The molecule has 0 unspecified atom stereocenters. The Bertz CT molecular complexity index is 1200. The Hall–Kier alpha value is -3.62. The molecule has 33 heavy (non-hydrogen) atoms. The van der Waals surface area contributed by atoms with Gasteiger partial charge in [0, 0.05) is 56.6 Å². The molecule has 1 amide bonds. The maximum Gasteiger partial charge on any atom is 0.318 e. The first kappa shape index (κ1) is 21.2. The number of fused-ring (bicyclic) bond motifs is 2. The normalized spacial score (nSPS) is 16.5. The Morgan fingerprint density at radius 3 is 2.64 bits per heavy atom. The number of nitrogens with zero attached hydrogens (tertiary/aromatic N) is 6. The van der Waals surface area contributed by atoms with Gasteiger partial charge in [0.05, 0.1) is 30.2 Å². The first-order valence-electron chi connectivity index (χ1n) is 11.4. The number of aromatic nitrogens is 4. The maximum absolute atomic E-state index is 12.0. The molecule has 1 N–H and O–H groups in total. The van der Waals surface area contributed by atoms with Crippen LogP contribution in [0.2, 0.25) is 0 Å². The van der Waals surface area contributed by atoms with Gasteiger partial charge in [-0.05, 0) is 31.1 Å². The predicted molar refractivity (Wildman–Crippen MR) is 128 cm³/mol. The zero-order valence-corrected chi connectivity index (χ0v) is 19.2. The van der Waals surface area contributed by atoms with Crippen LogP contribution in [0.25, 0.3) is 10.9 Å². The van der Waals surface area contributed by atoms with Crippen LogP contribution in [-0.4, -0.2) is 77.4 Å². The number of carbonyl (C=O) groups is 1. The van der Waals surface area contributed by atoms with Crippen LogP contribution in [0.1, 0.15) is 16.8 Å². The molecule has 1 aromatic carbocycles. The Kier molecular flexibility index (Phi) is 5.62. The van der Waals surface area contributed by atoms with Gasteiger partial charge in [-0.25, -0.2) is 0 Å². The minimum Gasteiger partial charge on any atom is -0.467 e. The van der Waals surface area contributed by atoms with Crippen LogP contribution in [0, 0.1) is 6.92 Å². The minimum atomic E-state index is -0.0202. The van der Waals surface area contributed by atoms with Crippen molar-refractivity contribution in [2.75, 3.05) is 56.2 Å². The van der Waals surface area contributed by atoms with Crippen molar-refractivity contribution in [1.82, 2.24) is 25.1 Å². The second kappa shape index (κ2) is 8.73. The molecule has 172 valence electrons. The Labute approximate surface area is 193 Å². The molecule has 2 aliphatic heterocycles. The third-order valence-corrected chi connectivity index (χ3v) is 6.66. The van der Waals surface area contributed by atoms with E-state index in [2.05, 4.69) is 45.6 Å². The van der Waals surface area contributed by atoms with Crippen LogP contribution in [0.5, 0.6) is 6.01 Å². The van der Waals surface area contributed by atoms with E-state index in [1.807, 2.05) is 11.1 Å². The highest BCUT2D eigenvalue weighted by molar-refractivity contribution is 5.93. The van der Waals surface area contributed by atoms with E-state index in [1.54, 1.807) is 7.11 Å². The lowest BCUT2D eigenvalue weighted by Crippen LogP contribution is -2.49. The topological polar surface area (TPSA) is 90.5 Å². The van der Waals surface area contributed by atoms with Crippen LogP contribution in [0.3, 0.4) is 0 Å². The van der Waals surface area contributed by atoms with Gasteiger partial charge in [0.2, 0.25) is 5.91 Å². The lowest BCUT2D eigenvalue weighted by Gasteiger charge is -2.36.